The predicted octanol–water partition coefficient (Wildman–Crippen LogP) is 3.73. The Morgan fingerprint density at radius 2 is 1.90 bits per heavy atom. The van der Waals surface area contributed by atoms with Crippen molar-refractivity contribution in [1.29, 1.82) is 0 Å². The molecule has 1 saturated heterocycles. The number of ether oxygens (including phenoxy) is 2. The van der Waals surface area contributed by atoms with Gasteiger partial charge in [0.05, 0.1) is 19.8 Å². The molecule has 0 bridgehead atoms. The summed E-state index contributed by atoms with van der Waals surface area (Å²) < 4.78 is 10.9. The van der Waals surface area contributed by atoms with Gasteiger partial charge in [-0.3, -0.25) is 4.79 Å². The first kappa shape index (κ1) is 21.2. The molecule has 1 heterocycles. The van der Waals surface area contributed by atoms with Crippen molar-refractivity contribution in [3.8, 4) is 11.5 Å². The van der Waals surface area contributed by atoms with Gasteiger partial charge in [0.1, 0.15) is 0 Å². The van der Waals surface area contributed by atoms with Gasteiger partial charge >= 0.3 is 0 Å². The van der Waals surface area contributed by atoms with E-state index in [-0.39, 0.29) is 5.91 Å². The zero-order valence-corrected chi connectivity index (χ0v) is 17.8. The van der Waals surface area contributed by atoms with Crippen LogP contribution in [0.2, 0.25) is 0 Å². The Hall–Kier alpha value is -2.53. The highest BCUT2D eigenvalue weighted by molar-refractivity contribution is 5.97. The molecule has 5 heteroatoms. The van der Waals surface area contributed by atoms with Crippen molar-refractivity contribution in [2.75, 3.05) is 47.4 Å². The maximum atomic E-state index is 13.5. The van der Waals surface area contributed by atoms with E-state index in [0.29, 0.717) is 29.5 Å². The van der Waals surface area contributed by atoms with Crippen LogP contribution in [0.15, 0.2) is 48.5 Å². The molecule has 1 aliphatic rings. The zero-order chi connectivity index (χ0) is 20.6. The van der Waals surface area contributed by atoms with E-state index in [0.717, 1.165) is 32.5 Å². The number of amides is 1. The predicted molar refractivity (Wildman–Crippen MR) is 116 cm³/mol. The third-order valence-corrected chi connectivity index (χ3v) is 5.63. The molecule has 2 aromatic carbocycles. The number of nitrogens with zero attached hydrogens (tertiary/aromatic N) is 2. The number of benzene rings is 2. The van der Waals surface area contributed by atoms with Gasteiger partial charge in [0.15, 0.2) is 11.5 Å². The monoisotopic (exact) mass is 396 g/mol. The number of carbonyl (C=O) groups is 1. The lowest BCUT2D eigenvalue weighted by atomic mass is 9.97. The van der Waals surface area contributed by atoms with Crippen molar-refractivity contribution in [3.05, 3.63) is 59.7 Å². The molecule has 1 aliphatic heterocycles. The summed E-state index contributed by atoms with van der Waals surface area (Å²) in [5.74, 6) is 1.58. The summed E-state index contributed by atoms with van der Waals surface area (Å²) in [6.45, 7) is 3.61. The Morgan fingerprint density at radius 1 is 1.10 bits per heavy atom. The molecular weight excluding hydrogens is 364 g/mol. The molecule has 1 unspecified atom stereocenters. The second-order valence-electron chi connectivity index (χ2n) is 7.80. The Bertz CT molecular complexity index is 794. The molecule has 1 amide bonds. The van der Waals surface area contributed by atoms with Crippen LogP contribution >= 0.6 is 0 Å². The molecule has 156 valence electrons. The van der Waals surface area contributed by atoms with E-state index < -0.39 is 0 Å². The van der Waals surface area contributed by atoms with Gasteiger partial charge in [0.25, 0.3) is 5.91 Å². The highest BCUT2D eigenvalue weighted by Crippen LogP contribution is 2.32. The molecule has 5 nitrogen and oxygen atoms in total. The summed E-state index contributed by atoms with van der Waals surface area (Å²) in [6.07, 6.45) is 3.18. The van der Waals surface area contributed by atoms with E-state index in [1.54, 1.807) is 14.2 Å². The van der Waals surface area contributed by atoms with E-state index >= 15 is 0 Å². The fourth-order valence-corrected chi connectivity index (χ4v) is 4.14. The third-order valence-electron chi connectivity index (χ3n) is 5.63. The molecule has 0 radical (unpaired) electrons. The largest absolute Gasteiger partial charge is 0.493 e. The number of hydrogen-bond donors (Lipinski definition) is 0. The number of piperidine rings is 1. The van der Waals surface area contributed by atoms with Gasteiger partial charge in [-0.05, 0) is 56.5 Å². The van der Waals surface area contributed by atoms with Crippen LogP contribution in [0.5, 0.6) is 11.5 Å². The first-order valence-electron chi connectivity index (χ1n) is 10.3. The molecule has 29 heavy (non-hydrogen) atoms. The minimum atomic E-state index is 0.00454. The van der Waals surface area contributed by atoms with Gasteiger partial charge in [-0.15, -0.1) is 0 Å². The Morgan fingerprint density at radius 3 is 2.59 bits per heavy atom. The molecule has 0 saturated carbocycles. The van der Waals surface area contributed by atoms with Crippen molar-refractivity contribution in [2.45, 2.75) is 19.3 Å². The lowest BCUT2D eigenvalue weighted by Gasteiger charge is -2.34. The molecule has 0 N–H and O–H groups in total. The van der Waals surface area contributed by atoms with Gasteiger partial charge in [0.2, 0.25) is 0 Å². The quantitative estimate of drug-likeness (QED) is 0.682. The van der Waals surface area contributed by atoms with Crippen LogP contribution in [0.25, 0.3) is 0 Å². The van der Waals surface area contributed by atoms with Crippen LogP contribution in [0.1, 0.15) is 28.8 Å². The summed E-state index contributed by atoms with van der Waals surface area (Å²) in [7, 11) is 5.34. The summed E-state index contributed by atoms with van der Waals surface area (Å²) in [5, 5.41) is 0. The summed E-state index contributed by atoms with van der Waals surface area (Å²) in [4.78, 5) is 17.9. The van der Waals surface area contributed by atoms with Gasteiger partial charge in [-0.25, -0.2) is 0 Å². The average Bonchev–Trinajstić information content (AvgIpc) is 2.76. The Labute approximate surface area is 174 Å². The lowest BCUT2D eigenvalue weighted by Crippen LogP contribution is -2.42. The molecule has 2 aromatic rings. The fourth-order valence-electron chi connectivity index (χ4n) is 4.14. The second-order valence-corrected chi connectivity index (χ2v) is 7.80. The molecule has 0 aromatic heterocycles. The van der Waals surface area contributed by atoms with Crippen LogP contribution in [0, 0.1) is 5.92 Å². The van der Waals surface area contributed by atoms with Crippen LogP contribution in [0.4, 0.5) is 0 Å². The average molecular weight is 397 g/mol. The van der Waals surface area contributed by atoms with Crippen molar-refractivity contribution in [3.63, 3.8) is 0 Å². The number of likely N-dealkylation sites (tertiary alicyclic amines) is 1. The van der Waals surface area contributed by atoms with Crippen molar-refractivity contribution < 1.29 is 14.3 Å². The van der Waals surface area contributed by atoms with Crippen LogP contribution in [-0.4, -0.2) is 63.2 Å². The Balaban J connectivity index is 1.82. The van der Waals surface area contributed by atoms with Gasteiger partial charge < -0.3 is 19.3 Å². The van der Waals surface area contributed by atoms with Crippen molar-refractivity contribution >= 4 is 5.91 Å². The lowest BCUT2D eigenvalue weighted by molar-refractivity contribution is 0.0689. The first-order valence-corrected chi connectivity index (χ1v) is 10.3. The van der Waals surface area contributed by atoms with E-state index in [1.807, 2.05) is 41.3 Å². The molecule has 0 spiro atoms. The number of para-hydroxylation sites is 1. The van der Waals surface area contributed by atoms with Crippen molar-refractivity contribution in [1.82, 2.24) is 9.80 Å². The number of rotatable bonds is 8. The van der Waals surface area contributed by atoms with E-state index in [1.165, 1.54) is 12.0 Å². The topological polar surface area (TPSA) is 42.0 Å². The second kappa shape index (κ2) is 10.3. The van der Waals surface area contributed by atoms with Crippen molar-refractivity contribution in [2.24, 2.45) is 5.92 Å². The van der Waals surface area contributed by atoms with E-state index in [2.05, 4.69) is 24.1 Å². The Kier molecular flexibility index (Phi) is 7.53. The molecule has 1 atom stereocenters. The van der Waals surface area contributed by atoms with Crippen LogP contribution < -0.4 is 9.47 Å². The van der Waals surface area contributed by atoms with Crippen LogP contribution in [-0.2, 0) is 6.42 Å². The molecule has 3 rings (SSSR count). The van der Waals surface area contributed by atoms with Gasteiger partial charge in [0, 0.05) is 19.6 Å². The molecule has 0 aliphatic carbocycles. The van der Waals surface area contributed by atoms with E-state index in [4.69, 9.17) is 9.47 Å². The highest BCUT2D eigenvalue weighted by atomic mass is 16.5. The third kappa shape index (κ3) is 5.51. The standard InChI is InChI=1S/C24H32N2O3/c1-25-15-8-11-20(17-25)18-26(16-14-19-9-5-4-6-10-19)24(27)21-12-7-13-22(28-2)23(21)29-3/h4-7,9-10,12-13,20H,8,11,14-18H2,1-3H3. The van der Waals surface area contributed by atoms with E-state index in [9.17, 15) is 4.79 Å². The summed E-state index contributed by atoms with van der Waals surface area (Å²) in [5.41, 5.74) is 1.80. The smallest absolute Gasteiger partial charge is 0.257 e. The first-order chi connectivity index (χ1) is 14.1. The number of carbonyl (C=O) groups excluding carboxylic acids is 1. The highest BCUT2D eigenvalue weighted by Gasteiger charge is 2.26. The minimum absolute atomic E-state index is 0.00454. The molecule has 1 fully saturated rings. The van der Waals surface area contributed by atoms with Crippen LogP contribution in [0.3, 0.4) is 0 Å². The molecular formula is C24H32N2O3. The maximum Gasteiger partial charge on any atom is 0.257 e. The van der Waals surface area contributed by atoms with Gasteiger partial charge in [-0.1, -0.05) is 36.4 Å². The number of methoxy groups -OCH3 is 2. The SMILES string of the molecule is COc1cccc(C(=O)N(CCc2ccccc2)CC2CCCN(C)C2)c1OC. The summed E-state index contributed by atoms with van der Waals surface area (Å²) in [6, 6.07) is 15.8. The zero-order valence-electron chi connectivity index (χ0n) is 17.8. The fraction of sp³-hybridized carbons (Fsp3) is 0.458. The number of hydrogen-bond acceptors (Lipinski definition) is 4. The normalized spacial score (nSPS) is 17.0. The van der Waals surface area contributed by atoms with Gasteiger partial charge in [-0.2, -0.15) is 0 Å². The minimum Gasteiger partial charge on any atom is -0.493 e. The summed E-state index contributed by atoms with van der Waals surface area (Å²) >= 11 is 0. The maximum absolute atomic E-state index is 13.5.